The minimum absolute atomic E-state index is 0.0648. The van der Waals surface area contributed by atoms with Crippen molar-refractivity contribution in [2.45, 2.75) is 11.3 Å². The summed E-state index contributed by atoms with van der Waals surface area (Å²) in [5, 5.41) is 2.57. The topological polar surface area (TPSA) is 92.3 Å². The highest BCUT2D eigenvalue weighted by molar-refractivity contribution is 7.90. The fraction of sp³-hybridized carbons (Fsp3) is 0.200. The summed E-state index contributed by atoms with van der Waals surface area (Å²) < 4.78 is 24.2. The van der Waals surface area contributed by atoms with Crippen molar-refractivity contribution in [1.82, 2.24) is 10.0 Å². The van der Waals surface area contributed by atoms with Crippen LogP contribution in [0.2, 0.25) is 0 Å². The SMILES string of the molecule is O=C1CCN1.O=C1NS(=O)(=O)c2ccccc21. The third-order valence-electron chi connectivity index (χ3n) is 2.32. The van der Waals surface area contributed by atoms with Crippen molar-refractivity contribution in [3.05, 3.63) is 29.8 Å². The summed E-state index contributed by atoms with van der Waals surface area (Å²) in [6, 6.07) is 6.09. The molecule has 90 valence electrons. The Hall–Kier alpha value is -1.89. The van der Waals surface area contributed by atoms with E-state index in [4.69, 9.17) is 0 Å². The highest BCUT2D eigenvalue weighted by atomic mass is 32.2. The Morgan fingerprint density at radius 1 is 1.12 bits per heavy atom. The lowest BCUT2D eigenvalue weighted by atomic mass is 10.2. The molecule has 2 amide bonds. The number of carbonyl (C=O) groups excluding carboxylic acids is 2. The molecule has 0 spiro atoms. The number of sulfonamides is 1. The maximum absolute atomic E-state index is 11.1. The molecule has 0 aliphatic carbocycles. The lowest BCUT2D eigenvalue weighted by molar-refractivity contribution is -0.125. The minimum atomic E-state index is -3.55. The van der Waals surface area contributed by atoms with E-state index >= 15 is 0 Å². The van der Waals surface area contributed by atoms with Gasteiger partial charge in [-0.25, -0.2) is 13.1 Å². The van der Waals surface area contributed by atoms with Crippen molar-refractivity contribution in [1.29, 1.82) is 0 Å². The zero-order valence-corrected chi connectivity index (χ0v) is 9.58. The summed E-state index contributed by atoms with van der Waals surface area (Å²) in [6.07, 6.45) is 0.736. The van der Waals surface area contributed by atoms with E-state index in [1.54, 1.807) is 12.1 Å². The molecule has 17 heavy (non-hydrogen) atoms. The zero-order valence-electron chi connectivity index (χ0n) is 8.76. The number of fused-ring (bicyclic) bond motifs is 1. The largest absolute Gasteiger partial charge is 0.356 e. The lowest BCUT2D eigenvalue weighted by Crippen LogP contribution is -2.37. The van der Waals surface area contributed by atoms with Crippen molar-refractivity contribution >= 4 is 21.8 Å². The molecule has 7 heteroatoms. The van der Waals surface area contributed by atoms with Gasteiger partial charge in [0.15, 0.2) is 0 Å². The fourth-order valence-electron chi connectivity index (χ4n) is 1.35. The van der Waals surface area contributed by atoms with Gasteiger partial charge in [-0.15, -0.1) is 0 Å². The van der Waals surface area contributed by atoms with Gasteiger partial charge in [0.25, 0.3) is 15.9 Å². The van der Waals surface area contributed by atoms with Gasteiger partial charge in [0.2, 0.25) is 5.91 Å². The minimum Gasteiger partial charge on any atom is -0.356 e. The van der Waals surface area contributed by atoms with Crippen molar-refractivity contribution in [3.8, 4) is 0 Å². The highest BCUT2D eigenvalue weighted by Crippen LogP contribution is 2.20. The summed E-state index contributed by atoms with van der Waals surface area (Å²) in [5.74, 6) is -0.365. The van der Waals surface area contributed by atoms with Crippen LogP contribution in [0.3, 0.4) is 0 Å². The number of β-lactam (4-membered cyclic amide) rings is 1. The van der Waals surface area contributed by atoms with E-state index in [1.165, 1.54) is 12.1 Å². The molecule has 6 nitrogen and oxygen atoms in total. The third-order valence-corrected chi connectivity index (χ3v) is 3.71. The first-order chi connectivity index (χ1) is 8.00. The number of rotatable bonds is 0. The molecule has 2 heterocycles. The number of amides is 2. The van der Waals surface area contributed by atoms with E-state index in [1.807, 2.05) is 4.72 Å². The number of hydrogen-bond donors (Lipinski definition) is 2. The molecule has 2 N–H and O–H groups in total. The van der Waals surface area contributed by atoms with Crippen LogP contribution in [-0.2, 0) is 14.8 Å². The molecule has 3 rings (SSSR count). The summed E-state index contributed by atoms with van der Waals surface area (Å²) in [5.41, 5.74) is 0.220. The third kappa shape index (κ3) is 2.28. The van der Waals surface area contributed by atoms with Gasteiger partial charge in [0, 0.05) is 13.0 Å². The van der Waals surface area contributed by atoms with Crippen LogP contribution in [-0.4, -0.2) is 26.8 Å². The first-order valence-corrected chi connectivity index (χ1v) is 6.42. The van der Waals surface area contributed by atoms with E-state index in [-0.39, 0.29) is 16.4 Å². The number of benzene rings is 1. The van der Waals surface area contributed by atoms with Gasteiger partial charge in [0.1, 0.15) is 4.90 Å². The van der Waals surface area contributed by atoms with E-state index in [0.717, 1.165) is 13.0 Å². The van der Waals surface area contributed by atoms with Crippen LogP contribution in [0.4, 0.5) is 0 Å². The molecule has 0 aromatic heterocycles. The van der Waals surface area contributed by atoms with Crippen molar-refractivity contribution in [3.63, 3.8) is 0 Å². The van der Waals surface area contributed by atoms with Crippen molar-refractivity contribution in [2.24, 2.45) is 0 Å². The Morgan fingerprint density at radius 2 is 1.71 bits per heavy atom. The molecule has 0 atom stereocenters. The van der Waals surface area contributed by atoms with Crippen LogP contribution in [0.15, 0.2) is 29.2 Å². The van der Waals surface area contributed by atoms with Gasteiger partial charge in [-0.05, 0) is 12.1 Å². The van der Waals surface area contributed by atoms with Crippen molar-refractivity contribution in [2.75, 3.05) is 6.54 Å². The summed E-state index contributed by atoms with van der Waals surface area (Å²) in [7, 11) is -3.55. The fourth-order valence-corrected chi connectivity index (χ4v) is 2.52. The molecule has 1 saturated heterocycles. The summed E-state index contributed by atoms with van der Waals surface area (Å²) >= 11 is 0. The van der Waals surface area contributed by atoms with Crippen LogP contribution < -0.4 is 10.0 Å². The van der Waals surface area contributed by atoms with Crippen LogP contribution in [0.1, 0.15) is 16.8 Å². The molecule has 2 aliphatic rings. The molecule has 1 aromatic rings. The van der Waals surface area contributed by atoms with E-state index in [2.05, 4.69) is 5.32 Å². The molecule has 0 unspecified atom stereocenters. The molecular weight excluding hydrogens is 244 g/mol. The van der Waals surface area contributed by atoms with E-state index < -0.39 is 15.9 Å². The zero-order chi connectivity index (χ0) is 12.5. The molecule has 0 saturated carbocycles. The number of carbonyl (C=O) groups is 2. The second-order valence-electron chi connectivity index (χ2n) is 3.53. The van der Waals surface area contributed by atoms with E-state index in [0.29, 0.717) is 0 Å². The summed E-state index contributed by atoms with van der Waals surface area (Å²) in [6.45, 7) is 0.888. The quantitative estimate of drug-likeness (QED) is 0.617. The standard InChI is InChI=1S/C7H5NO3S.C3H5NO/c9-7-5-3-1-2-4-6(5)12(10,11)8-7;5-3-1-2-4-3/h1-4H,(H,8,9);1-2H2,(H,4,5). The molecule has 0 radical (unpaired) electrons. The van der Waals surface area contributed by atoms with Gasteiger partial charge in [0.05, 0.1) is 5.56 Å². The maximum atomic E-state index is 11.1. The lowest BCUT2D eigenvalue weighted by Gasteiger charge is -2.10. The first kappa shape index (κ1) is 11.6. The average Bonchev–Trinajstić information content (AvgIpc) is 2.49. The number of nitrogens with one attached hydrogen (secondary N) is 2. The van der Waals surface area contributed by atoms with Gasteiger partial charge in [-0.3, -0.25) is 9.59 Å². The van der Waals surface area contributed by atoms with Gasteiger partial charge in [-0.1, -0.05) is 12.1 Å². The van der Waals surface area contributed by atoms with Crippen LogP contribution >= 0.6 is 0 Å². The average molecular weight is 254 g/mol. The van der Waals surface area contributed by atoms with Gasteiger partial charge < -0.3 is 5.32 Å². The van der Waals surface area contributed by atoms with Crippen molar-refractivity contribution < 1.29 is 18.0 Å². The maximum Gasteiger partial charge on any atom is 0.266 e. The predicted molar refractivity (Wildman–Crippen MR) is 58.7 cm³/mol. The monoisotopic (exact) mass is 254 g/mol. The van der Waals surface area contributed by atoms with Crippen LogP contribution in [0.25, 0.3) is 0 Å². The Balaban J connectivity index is 0.000000181. The predicted octanol–water partition coefficient (Wildman–Crippen LogP) is -0.375. The van der Waals surface area contributed by atoms with Crippen LogP contribution in [0, 0.1) is 0 Å². The Labute approximate surface area is 98.1 Å². The summed E-state index contributed by atoms with van der Waals surface area (Å²) in [4.78, 5) is 20.8. The highest BCUT2D eigenvalue weighted by Gasteiger charge is 2.31. The van der Waals surface area contributed by atoms with Gasteiger partial charge >= 0.3 is 0 Å². The Morgan fingerprint density at radius 3 is 2.18 bits per heavy atom. The van der Waals surface area contributed by atoms with Crippen LogP contribution in [0.5, 0.6) is 0 Å². The van der Waals surface area contributed by atoms with Gasteiger partial charge in [-0.2, -0.15) is 0 Å². The smallest absolute Gasteiger partial charge is 0.266 e. The normalized spacial score (nSPS) is 19.1. The molecule has 1 fully saturated rings. The molecule has 2 aliphatic heterocycles. The number of hydrogen-bond acceptors (Lipinski definition) is 4. The molecular formula is C10H10N2O4S. The Bertz CT molecular complexity index is 574. The van der Waals surface area contributed by atoms with E-state index in [9.17, 15) is 18.0 Å². The molecule has 1 aromatic carbocycles. The Kier molecular flexibility index (Phi) is 2.84. The molecule has 0 bridgehead atoms. The second kappa shape index (κ2) is 4.17. The first-order valence-electron chi connectivity index (χ1n) is 4.93. The second-order valence-corrected chi connectivity index (χ2v) is 5.18.